The molecule has 3 heterocycles. The van der Waals surface area contributed by atoms with Crippen molar-refractivity contribution in [1.82, 2.24) is 20.1 Å². The van der Waals surface area contributed by atoms with Crippen LogP contribution in [0.15, 0.2) is 71.5 Å². The SMILES string of the molecule is CC(NC(=O)N1CCN(Cc2ccco2)CC1)c1cccc(OCc2ccccn2)c1. The number of carbonyl (C=O) groups is 1. The summed E-state index contributed by atoms with van der Waals surface area (Å²) in [5.41, 5.74) is 1.88. The van der Waals surface area contributed by atoms with Gasteiger partial charge in [-0.3, -0.25) is 9.88 Å². The van der Waals surface area contributed by atoms with E-state index in [1.165, 1.54) is 0 Å². The lowest BCUT2D eigenvalue weighted by molar-refractivity contribution is 0.128. The first-order chi connectivity index (χ1) is 15.2. The van der Waals surface area contributed by atoms with Crippen molar-refractivity contribution < 1.29 is 13.9 Å². The number of ether oxygens (including phenoxy) is 1. The Morgan fingerprint density at radius 3 is 2.74 bits per heavy atom. The molecule has 1 atom stereocenters. The lowest BCUT2D eigenvalue weighted by atomic mass is 10.1. The molecule has 0 bridgehead atoms. The molecule has 4 rings (SSSR count). The van der Waals surface area contributed by atoms with Crippen LogP contribution in [0.25, 0.3) is 0 Å². The zero-order valence-corrected chi connectivity index (χ0v) is 17.7. The largest absolute Gasteiger partial charge is 0.487 e. The van der Waals surface area contributed by atoms with E-state index in [2.05, 4.69) is 15.2 Å². The van der Waals surface area contributed by atoms with Crippen LogP contribution >= 0.6 is 0 Å². The predicted molar refractivity (Wildman–Crippen MR) is 118 cm³/mol. The van der Waals surface area contributed by atoms with Gasteiger partial charge in [-0.25, -0.2) is 4.79 Å². The lowest BCUT2D eigenvalue weighted by Crippen LogP contribution is -2.51. The number of furan rings is 1. The molecule has 0 aliphatic carbocycles. The second-order valence-electron chi connectivity index (χ2n) is 7.70. The summed E-state index contributed by atoms with van der Waals surface area (Å²) in [5.74, 6) is 1.72. The van der Waals surface area contributed by atoms with Gasteiger partial charge in [-0.05, 0) is 48.9 Å². The number of hydrogen-bond acceptors (Lipinski definition) is 5. The van der Waals surface area contributed by atoms with Crippen LogP contribution in [-0.4, -0.2) is 47.0 Å². The van der Waals surface area contributed by atoms with E-state index in [9.17, 15) is 4.79 Å². The summed E-state index contributed by atoms with van der Waals surface area (Å²) in [4.78, 5) is 21.2. The second kappa shape index (κ2) is 10.1. The fourth-order valence-corrected chi connectivity index (χ4v) is 3.61. The predicted octanol–water partition coefficient (Wildman–Crippen LogP) is 3.84. The van der Waals surface area contributed by atoms with E-state index in [4.69, 9.17) is 9.15 Å². The van der Waals surface area contributed by atoms with Crippen LogP contribution in [0.2, 0.25) is 0 Å². The van der Waals surface area contributed by atoms with E-state index in [1.807, 2.05) is 66.4 Å². The third-order valence-electron chi connectivity index (χ3n) is 5.43. The molecule has 31 heavy (non-hydrogen) atoms. The van der Waals surface area contributed by atoms with Gasteiger partial charge in [0.25, 0.3) is 0 Å². The van der Waals surface area contributed by atoms with E-state index >= 15 is 0 Å². The van der Waals surface area contributed by atoms with Crippen molar-refractivity contribution in [2.75, 3.05) is 26.2 Å². The van der Waals surface area contributed by atoms with Crippen LogP contribution in [0.5, 0.6) is 5.75 Å². The van der Waals surface area contributed by atoms with E-state index in [0.717, 1.165) is 42.4 Å². The number of pyridine rings is 1. The van der Waals surface area contributed by atoms with Crippen LogP contribution in [0, 0.1) is 0 Å². The second-order valence-corrected chi connectivity index (χ2v) is 7.70. The third kappa shape index (κ3) is 5.86. The summed E-state index contributed by atoms with van der Waals surface area (Å²) < 4.78 is 11.3. The fraction of sp³-hybridized carbons (Fsp3) is 0.333. The first-order valence-corrected chi connectivity index (χ1v) is 10.6. The van der Waals surface area contributed by atoms with Gasteiger partial charge in [-0.1, -0.05) is 18.2 Å². The highest BCUT2D eigenvalue weighted by Gasteiger charge is 2.23. The monoisotopic (exact) mass is 420 g/mol. The van der Waals surface area contributed by atoms with E-state index in [-0.39, 0.29) is 12.1 Å². The maximum Gasteiger partial charge on any atom is 0.317 e. The number of benzene rings is 1. The quantitative estimate of drug-likeness (QED) is 0.629. The Bertz CT molecular complexity index is 954. The molecule has 1 fully saturated rings. The number of aromatic nitrogens is 1. The van der Waals surface area contributed by atoms with E-state index in [1.54, 1.807) is 12.5 Å². The van der Waals surface area contributed by atoms with Gasteiger partial charge in [0.05, 0.1) is 24.5 Å². The average molecular weight is 421 g/mol. The minimum absolute atomic E-state index is 0.0371. The van der Waals surface area contributed by atoms with Gasteiger partial charge in [0.1, 0.15) is 18.1 Å². The Kier molecular flexibility index (Phi) is 6.84. The van der Waals surface area contributed by atoms with Crippen molar-refractivity contribution in [3.05, 3.63) is 84.1 Å². The molecule has 3 aromatic rings. The molecule has 0 radical (unpaired) electrons. The summed E-state index contributed by atoms with van der Waals surface area (Å²) in [6.07, 6.45) is 3.45. The van der Waals surface area contributed by atoms with Crippen LogP contribution in [0.3, 0.4) is 0 Å². The molecule has 1 aliphatic heterocycles. The topological polar surface area (TPSA) is 70.8 Å². The molecule has 162 valence electrons. The number of nitrogens with zero attached hydrogens (tertiary/aromatic N) is 3. The minimum Gasteiger partial charge on any atom is -0.487 e. The highest BCUT2D eigenvalue weighted by atomic mass is 16.5. The highest BCUT2D eigenvalue weighted by Crippen LogP contribution is 2.20. The van der Waals surface area contributed by atoms with Gasteiger partial charge >= 0.3 is 6.03 Å². The highest BCUT2D eigenvalue weighted by molar-refractivity contribution is 5.74. The number of carbonyl (C=O) groups excluding carboxylic acids is 1. The van der Waals surface area contributed by atoms with Gasteiger partial charge in [-0.15, -0.1) is 0 Å². The summed E-state index contributed by atoms with van der Waals surface area (Å²) in [5, 5.41) is 3.11. The van der Waals surface area contributed by atoms with Gasteiger partial charge < -0.3 is 19.4 Å². The number of hydrogen-bond donors (Lipinski definition) is 1. The number of rotatable bonds is 7. The number of urea groups is 1. The molecule has 0 spiro atoms. The first-order valence-electron chi connectivity index (χ1n) is 10.6. The molecule has 2 aromatic heterocycles. The summed E-state index contributed by atoms with van der Waals surface area (Å²) in [7, 11) is 0. The fourth-order valence-electron chi connectivity index (χ4n) is 3.61. The Hall–Kier alpha value is -3.32. The molecular weight excluding hydrogens is 392 g/mol. The standard InChI is InChI=1S/C24H28N4O3/c1-19(20-6-4-8-22(16-20)31-18-21-7-2-3-10-25-21)26-24(29)28-13-11-27(12-14-28)17-23-9-5-15-30-23/h2-10,15-16,19H,11-14,17-18H2,1H3,(H,26,29). The van der Waals surface area contributed by atoms with Crippen molar-refractivity contribution in [3.63, 3.8) is 0 Å². The van der Waals surface area contributed by atoms with Gasteiger partial charge in [0.2, 0.25) is 0 Å². The van der Waals surface area contributed by atoms with Crippen LogP contribution in [-0.2, 0) is 13.2 Å². The first kappa shape index (κ1) is 20.9. The van der Waals surface area contributed by atoms with Crippen molar-refractivity contribution >= 4 is 6.03 Å². The van der Waals surface area contributed by atoms with Crippen LogP contribution in [0.4, 0.5) is 4.79 Å². The van der Waals surface area contributed by atoms with Crippen LogP contribution < -0.4 is 10.1 Å². The molecule has 1 aromatic carbocycles. The van der Waals surface area contributed by atoms with E-state index < -0.39 is 0 Å². The summed E-state index contributed by atoms with van der Waals surface area (Å²) in [6, 6.07) is 17.3. The normalized spacial score (nSPS) is 15.5. The molecule has 1 aliphatic rings. The zero-order valence-electron chi connectivity index (χ0n) is 17.7. The van der Waals surface area contributed by atoms with Crippen molar-refractivity contribution in [3.8, 4) is 5.75 Å². The maximum atomic E-state index is 12.7. The van der Waals surface area contributed by atoms with Gasteiger partial charge in [0, 0.05) is 32.4 Å². The zero-order chi connectivity index (χ0) is 21.5. The summed E-state index contributed by atoms with van der Waals surface area (Å²) >= 11 is 0. The van der Waals surface area contributed by atoms with Gasteiger partial charge in [-0.2, -0.15) is 0 Å². The molecular formula is C24H28N4O3. The van der Waals surface area contributed by atoms with Crippen molar-refractivity contribution in [1.29, 1.82) is 0 Å². The minimum atomic E-state index is -0.118. The Morgan fingerprint density at radius 1 is 1.13 bits per heavy atom. The lowest BCUT2D eigenvalue weighted by Gasteiger charge is -2.34. The third-order valence-corrected chi connectivity index (χ3v) is 5.43. The summed E-state index contributed by atoms with van der Waals surface area (Å²) in [6.45, 7) is 6.25. The number of piperazine rings is 1. The molecule has 1 saturated heterocycles. The average Bonchev–Trinajstić information content (AvgIpc) is 3.32. The van der Waals surface area contributed by atoms with Crippen molar-refractivity contribution in [2.45, 2.75) is 26.1 Å². The van der Waals surface area contributed by atoms with Crippen molar-refractivity contribution in [2.24, 2.45) is 0 Å². The van der Waals surface area contributed by atoms with Gasteiger partial charge in [0.15, 0.2) is 0 Å². The van der Waals surface area contributed by atoms with E-state index in [0.29, 0.717) is 19.7 Å². The Balaban J connectivity index is 1.26. The maximum absolute atomic E-state index is 12.7. The molecule has 2 amide bonds. The molecule has 1 N–H and O–H groups in total. The molecule has 7 nitrogen and oxygen atoms in total. The number of nitrogens with one attached hydrogen (secondary N) is 1. The Morgan fingerprint density at radius 2 is 2.00 bits per heavy atom. The Labute approximate surface area is 182 Å². The smallest absolute Gasteiger partial charge is 0.317 e. The molecule has 1 unspecified atom stereocenters. The molecule has 7 heteroatoms. The number of amides is 2. The van der Waals surface area contributed by atoms with Crippen LogP contribution in [0.1, 0.15) is 30.0 Å². The molecule has 0 saturated carbocycles.